The average molecular weight is 168 g/mol. The number of rotatable bonds is 3. The summed E-state index contributed by atoms with van der Waals surface area (Å²) < 4.78 is 12.3. The molecule has 0 aromatic rings. The van der Waals surface area contributed by atoms with Gasteiger partial charge in [0.2, 0.25) is 0 Å². The summed E-state index contributed by atoms with van der Waals surface area (Å²) in [4.78, 5) is 0. The average Bonchev–Trinajstić information content (AvgIpc) is 1.96. The monoisotopic (exact) mass is 168 g/mol. The van der Waals surface area contributed by atoms with Crippen molar-refractivity contribution in [3.63, 3.8) is 0 Å². The van der Waals surface area contributed by atoms with Gasteiger partial charge >= 0.3 is 0 Å². The van der Waals surface area contributed by atoms with Gasteiger partial charge in [-0.15, -0.1) is 0 Å². The fourth-order valence-electron chi connectivity index (χ4n) is 0.690. The fourth-order valence-corrected chi connectivity index (χ4v) is 0.690. The van der Waals surface area contributed by atoms with Gasteiger partial charge in [-0.05, 0) is 40.2 Å². The molecule has 0 atom stereocenters. The molecule has 0 aliphatic heterocycles. The predicted molar refractivity (Wildman–Crippen MR) is 52.7 cm³/mol. The summed E-state index contributed by atoms with van der Waals surface area (Å²) >= 11 is 0. The quantitative estimate of drug-likeness (QED) is 0.438. The smallest absolute Gasteiger partial charge is 0.0968 e. The number of halogens is 1. The largest absolute Gasteiger partial charge is 0.212 e. The minimum Gasteiger partial charge on any atom is -0.212 e. The van der Waals surface area contributed by atoms with Gasteiger partial charge in [-0.3, -0.25) is 0 Å². The van der Waals surface area contributed by atoms with Gasteiger partial charge in [0.15, 0.2) is 0 Å². The van der Waals surface area contributed by atoms with E-state index >= 15 is 0 Å². The Kier molecular flexibility index (Phi) is 5.35. The summed E-state index contributed by atoms with van der Waals surface area (Å²) in [6.45, 7) is 7.57. The minimum atomic E-state index is -0.147. The van der Waals surface area contributed by atoms with Crippen LogP contribution in [0.4, 0.5) is 4.39 Å². The van der Waals surface area contributed by atoms with Crippen LogP contribution >= 0.6 is 0 Å². The first-order chi connectivity index (χ1) is 5.52. The molecule has 0 spiro atoms. The van der Waals surface area contributed by atoms with Gasteiger partial charge in [0.05, 0.1) is 5.83 Å². The van der Waals surface area contributed by atoms with Gasteiger partial charge in [0.1, 0.15) is 0 Å². The van der Waals surface area contributed by atoms with Crippen molar-refractivity contribution in [3.05, 3.63) is 35.2 Å². The lowest BCUT2D eigenvalue weighted by atomic mass is 10.1. The van der Waals surface area contributed by atoms with E-state index in [4.69, 9.17) is 0 Å². The van der Waals surface area contributed by atoms with E-state index < -0.39 is 0 Å². The van der Waals surface area contributed by atoms with Crippen molar-refractivity contribution in [3.8, 4) is 0 Å². The Morgan fingerprint density at radius 2 is 1.67 bits per heavy atom. The summed E-state index contributed by atoms with van der Waals surface area (Å²) in [6, 6.07) is 0. The summed E-state index contributed by atoms with van der Waals surface area (Å²) in [7, 11) is 0. The molecular weight excluding hydrogens is 151 g/mol. The zero-order valence-electron chi connectivity index (χ0n) is 8.32. The topological polar surface area (TPSA) is 0 Å². The van der Waals surface area contributed by atoms with Crippen LogP contribution in [0.1, 0.15) is 34.1 Å². The van der Waals surface area contributed by atoms with Crippen LogP contribution in [0.3, 0.4) is 0 Å². The molecule has 0 N–H and O–H groups in total. The molecule has 0 aliphatic carbocycles. The van der Waals surface area contributed by atoms with Crippen molar-refractivity contribution in [2.24, 2.45) is 0 Å². The molecule has 0 fully saturated rings. The van der Waals surface area contributed by atoms with Crippen LogP contribution in [0.5, 0.6) is 0 Å². The lowest BCUT2D eigenvalue weighted by Gasteiger charge is -1.94. The second-order valence-corrected chi connectivity index (χ2v) is 3.25. The van der Waals surface area contributed by atoms with E-state index in [9.17, 15) is 4.39 Å². The second kappa shape index (κ2) is 5.76. The molecule has 0 aromatic carbocycles. The van der Waals surface area contributed by atoms with E-state index in [-0.39, 0.29) is 5.83 Å². The van der Waals surface area contributed by atoms with E-state index in [1.807, 2.05) is 13.0 Å². The lowest BCUT2D eigenvalue weighted by molar-refractivity contribution is 0.640. The van der Waals surface area contributed by atoms with Crippen molar-refractivity contribution in [2.45, 2.75) is 34.1 Å². The zero-order chi connectivity index (χ0) is 9.56. The molecule has 68 valence electrons. The Labute approximate surface area is 74.5 Å². The Morgan fingerprint density at radius 1 is 1.08 bits per heavy atom. The number of hydrogen-bond donors (Lipinski definition) is 0. The Morgan fingerprint density at radius 3 is 2.08 bits per heavy atom. The van der Waals surface area contributed by atoms with Crippen LogP contribution in [0, 0.1) is 0 Å². The molecule has 0 amide bonds. The molecule has 0 radical (unpaired) electrons. The normalized spacial score (nSPS) is 13.1. The highest BCUT2D eigenvalue weighted by atomic mass is 19.1. The van der Waals surface area contributed by atoms with Crippen molar-refractivity contribution in [1.82, 2.24) is 0 Å². The van der Waals surface area contributed by atoms with E-state index in [2.05, 4.69) is 19.9 Å². The number of hydrogen-bond acceptors (Lipinski definition) is 0. The first-order valence-corrected chi connectivity index (χ1v) is 4.15. The van der Waals surface area contributed by atoms with E-state index in [1.165, 1.54) is 24.1 Å². The maximum atomic E-state index is 12.3. The van der Waals surface area contributed by atoms with Gasteiger partial charge < -0.3 is 0 Å². The van der Waals surface area contributed by atoms with Crippen LogP contribution in [0.25, 0.3) is 0 Å². The summed E-state index contributed by atoms with van der Waals surface area (Å²) in [5.41, 5.74) is 2.47. The molecule has 12 heavy (non-hydrogen) atoms. The third-order valence-corrected chi connectivity index (χ3v) is 1.43. The Bertz CT molecular complexity index is 211. The van der Waals surface area contributed by atoms with Crippen LogP contribution < -0.4 is 0 Å². The molecule has 0 aromatic heterocycles. The van der Waals surface area contributed by atoms with Gasteiger partial charge in [-0.1, -0.05) is 23.3 Å². The maximum absolute atomic E-state index is 12.3. The van der Waals surface area contributed by atoms with Crippen LogP contribution in [0.2, 0.25) is 0 Å². The molecular formula is C11H17F. The van der Waals surface area contributed by atoms with Gasteiger partial charge in [-0.2, -0.15) is 0 Å². The SMILES string of the molecule is CC(C)=CC/C(C)=C/C=C(\C)F. The van der Waals surface area contributed by atoms with E-state index in [1.54, 1.807) is 0 Å². The fraction of sp³-hybridized carbons (Fsp3) is 0.455. The highest BCUT2D eigenvalue weighted by Gasteiger charge is 1.85. The van der Waals surface area contributed by atoms with E-state index in [0.29, 0.717) is 0 Å². The van der Waals surface area contributed by atoms with Crippen molar-refractivity contribution in [2.75, 3.05) is 0 Å². The standard InChI is InChI=1S/C11H17F/c1-9(2)5-6-10(3)7-8-11(4)12/h5,7-8H,6H2,1-4H3/b10-7+,11-8+. The van der Waals surface area contributed by atoms with Gasteiger partial charge in [0.25, 0.3) is 0 Å². The molecule has 0 heterocycles. The third-order valence-electron chi connectivity index (χ3n) is 1.43. The Balaban J connectivity index is 4.04. The zero-order valence-corrected chi connectivity index (χ0v) is 8.32. The first-order valence-electron chi connectivity index (χ1n) is 4.15. The molecule has 0 saturated heterocycles. The highest BCUT2D eigenvalue weighted by molar-refractivity contribution is 5.15. The molecule has 0 unspecified atom stereocenters. The molecule has 0 saturated carbocycles. The van der Waals surface area contributed by atoms with Crippen LogP contribution in [0.15, 0.2) is 35.2 Å². The molecule has 0 nitrogen and oxygen atoms in total. The van der Waals surface area contributed by atoms with Gasteiger partial charge in [0, 0.05) is 0 Å². The van der Waals surface area contributed by atoms with Crippen LogP contribution in [-0.4, -0.2) is 0 Å². The van der Waals surface area contributed by atoms with Crippen molar-refractivity contribution in [1.29, 1.82) is 0 Å². The third kappa shape index (κ3) is 7.26. The molecule has 0 rings (SSSR count). The summed E-state index contributed by atoms with van der Waals surface area (Å²) in [5, 5.41) is 0. The Hall–Kier alpha value is -0.850. The summed E-state index contributed by atoms with van der Waals surface area (Å²) in [6.07, 6.45) is 6.35. The molecule has 1 heteroatoms. The van der Waals surface area contributed by atoms with Crippen molar-refractivity contribution < 1.29 is 4.39 Å². The minimum absolute atomic E-state index is 0.147. The molecule has 0 aliphatic rings. The van der Waals surface area contributed by atoms with Crippen LogP contribution in [-0.2, 0) is 0 Å². The first kappa shape index (κ1) is 11.2. The number of allylic oxidation sites excluding steroid dienone is 6. The van der Waals surface area contributed by atoms with Gasteiger partial charge in [-0.25, -0.2) is 4.39 Å². The second-order valence-electron chi connectivity index (χ2n) is 3.25. The highest BCUT2D eigenvalue weighted by Crippen LogP contribution is 2.05. The lowest BCUT2D eigenvalue weighted by Crippen LogP contribution is -1.73. The van der Waals surface area contributed by atoms with E-state index in [0.717, 1.165) is 6.42 Å². The maximum Gasteiger partial charge on any atom is 0.0968 e. The predicted octanol–water partition coefficient (Wildman–Crippen LogP) is 4.16. The molecule has 0 bridgehead atoms. The van der Waals surface area contributed by atoms with Crippen molar-refractivity contribution >= 4 is 0 Å². The summed E-state index contributed by atoms with van der Waals surface area (Å²) in [5.74, 6) is -0.147.